The van der Waals surface area contributed by atoms with Gasteiger partial charge < -0.3 is 26.7 Å². The highest BCUT2D eigenvalue weighted by molar-refractivity contribution is 6.72. The van der Waals surface area contributed by atoms with E-state index >= 15 is 0 Å². The molecule has 222 valence electrons. The molecule has 0 aliphatic rings. The van der Waals surface area contributed by atoms with Crippen molar-refractivity contribution >= 4 is 55.6 Å². The molecule has 0 aliphatic carbocycles. The van der Waals surface area contributed by atoms with Gasteiger partial charge in [0.25, 0.3) is 8.32 Å². The van der Waals surface area contributed by atoms with E-state index in [9.17, 15) is 0 Å². The predicted octanol–water partition coefficient (Wildman–Crippen LogP) is 7.56. The van der Waals surface area contributed by atoms with Crippen LogP contribution in [0.5, 0.6) is 0 Å². The van der Waals surface area contributed by atoms with Crippen LogP contribution in [-0.4, -0.2) is 87.1 Å². The van der Waals surface area contributed by atoms with Crippen molar-refractivity contribution in [2.45, 2.75) is 136 Å². The molecule has 0 aromatic rings. The molecule has 0 bridgehead atoms. The summed E-state index contributed by atoms with van der Waals surface area (Å²) in [6.07, 6.45) is -1.11. The van der Waals surface area contributed by atoms with Gasteiger partial charge in [-0.1, -0.05) is 0 Å². The second-order valence-electron chi connectivity index (χ2n) is 15.7. The molecule has 0 heterocycles. The van der Waals surface area contributed by atoms with E-state index in [1.807, 2.05) is 0 Å². The lowest BCUT2D eigenvalue weighted by Crippen LogP contribution is -2.58. The molecule has 0 N–H and O–H groups in total. The van der Waals surface area contributed by atoms with Gasteiger partial charge in [0.05, 0.1) is 19.3 Å². The zero-order valence-electron chi connectivity index (χ0n) is 27.5. The van der Waals surface area contributed by atoms with E-state index in [2.05, 4.69) is 118 Å². The third kappa shape index (κ3) is 21.0. The zero-order chi connectivity index (χ0) is 29.7. The smallest absolute Gasteiger partial charge is 0.278 e. The van der Waals surface area contributed by atoms with Gasteiger partial charge in [0.2, 0.25) is 0 Å². The average Bonchev–Trinajstić information content (AvgIpc) is 2.57. The van der Waals surface area contributed by atoms with Crippen molar-refractivity contribution in [3.8, 4) is 0 Å². The van der Waals surface area contributed by atoms with Crippen LogP contribution in [0, 0.1) is 0 Å². The summed E-state index contributed by atoms with van der Waals surface area (Å²) in [4.78, 5) is 0. The summed E-state index contributed by atoms with van der Waals surface area (Å²) >= 11 is 0. The summed E-state index contributed by atoms with van der Waals surface area (Å²) in [5, 5.41) is 4.75. The van der Waals surface area contributed by atoms with E-state index in [4.69, 9.17) is 31.8 Å². The first-order chi connectivity index (χ1) is 16.1. The van der Waals surface area contributed by atoms with Gasteiger partial charge in [-0.2, -0.15) is 0 Å². The fraction of sp³-hybridized carbons (Fsp3) is 0.958. The number of rotatable bonds is 17. The topological polar surface area (TPSA) is 67.7 Å². The Labute approximate surface area is 236 Å². The lowest BCUT2D eigenvalue weighted by molar-refractivity contribution is -0.0303. The molecule has 3 atom stereocenters. The van der Waals surface area contributed by atoms with Crippen molar-refractivity contribution in [1.82, 2.24) is 0 Å². The largest absolute Gasteiger partial charge is 0.456 e. The average molecular weight is 628 g/mol. The summed E-state index contributed by atoms with van der Waals surface area (Å²) in [7, 11) is -11.6. The second kappa shape index (κ2) is 14.0. The molecule has 0 fully saturated rings. The van der Waals surface area contributed by atoms with Crippen LogP contribution < -0.4 is 0 Å². The van der Waals surface area contributed by atoms with Crippen molar-refractivity contribution in [3.05, 3.63) is 0 Å². The van der Waals surface area contributed by atoms with Crippen LogP contribution >= 0.6 is 0 Å². The number of nitrogens with zero attached hydrogens (tertiary/aromatic N) is 1. The monoisotopic (exact) mass is 627 g/mol. The molecule has 0 amide bonds. The standard InChI is InChI=1S/C24H61NO6Si6/c1-32(2,3)26-19-21(25-31-37(16,17)18)23(29-35(10,11)12)24(30-36(13,14)15)22(28-34(7,8)9)20-27-33(4,5)6/h22-24H,19-20H2,1-18H3/b25-21+/t22-,23-,24-/m1/s1. The van der Waals surface area contributed by atoms with Crippen LogP contribution in [-0.2, 0) is 26.7 Å². The van der Waals surface area contributed by atoms with Crippen LogP contribution in [0.25, 0.3) is 0 Å². The Morgan fingerprint density at radius 2 is 0.946 bits per heavy atom. The lowest BCUT2D eigenvalue weighted by Gasteiger charge is -2.42. The van der Waals surface area contributed by atoms with E-state index in [-0.39, 0.29) is 12.2 Å². The highest BCUT2D eigenvalue weighted by Crippen LogP contribution is 2.26. The summed E-state index contributed by atoms with van der Waals surface area (Å²) in [6.45, 7) is 40.3. The fourth-order valence-electron chi connectivity index (χ4n) is 3.08. The molecule has 0 aliphatic heterocycles. The quantitative estimate of drug-likeness (QED) is 0.0942. The Balaban J connectivity index is 6.94. The van der Waals surface area contributed by atoms with E-state index in [0.717, 1.165) is 5.71 Å². The van der Waals surface area contributed by atoms with Gasteiger partial charge in [0.1, 0.15) is 17.9 Å². The van der Waals surface area contributed by atoms with Crippen molar-refractivity contribution in [2.75, 3.05) is 13.2 Å². The van der Waals surface area contributed by atoms with Gasteiger partial charge in [-0.25, -0.2) is 0 Å². The summed E-state index contributed by atoms with van der Waals surface area (Å²) < 4.78 is 39.7. The molecule has 0 unspecified atom stereocenters. The highest BCUT2D eigenvalue weighted by atomic mass is 28.4. The Morgan fingerprint density at radius 3 is 1.30 bits per heavy atom. The fourth-order valence-corrected chi connectivity index (χ4v) is 7.95. The van der Waals surface area contributed by atoms with Crippen LogP contribution in [0.2, 0.25) is 118 Å². The van der Waals surface area contributed by atoms with Crippen LogP contribution in [0.1, 0.15) is 0 Å². The van der Waals surface area contributed by atoms with Crippen LogP contribution in [0.15, 0.2) is 5.16 Å². The van der Waals surface area contributed by atoms with Crippen molar-refractivity contribution in [3.63, 3.8) is 0 Å². The molecule has 0 radical (unpaired) electrons. The van der Waals surface area contributed by atoms with Gasteiger partial charge in [-0.05, 0) is 118 Å². The molecular weight excluding hydrogens is 567 g/mol. The maximum absolute atomic E-state index is 6.96. The van der Waals surface area contributed by atoms with Gasteiger partial charge in [-0.3, -0.25) is 0 Å². The normalized spacial score (nSPS) is 17.5. The third-order valence-corrected chi connectivity index (χ3v) is 9.87. The summed E-state index contributed by atoms with van der Waals surface area (Å²) in [5.74, 6) is 0. The van der Waals surface area contributed by atoms with Gasteiger partial charge in [0, 0.05) is 0 Å². The number of hydrogen-bond donors (Lipinski definition) is 0. The minimum Gasteiger partial charge on any atom is -0.456 e. The Bertz CT molecular complexity index is 712. The predicted molar refractivity (Wildman–Crippen MR) is 175 cm³/mol. The molecule has 7 nitrogen and oxygen atoms in total. The lowest BCUT2D eigenvalue weighted by atomic mass is 10.0. The van der Waals surface area contributed by atoms with Gasteiger partial charge in [-0.15, -0.1) is 5.16 Å². The first kappa shape index (κ1) is 37.6. The molecule has 0 aromatic carbocycles. The Morgan fingerprint density at radius 1 is 0.514 bits per heavy atom. The molecule has 0 aromatic heterocycles. The van der Waals surface area contributed by atoms with E-state index in [1.165, 1.54) is 0 Å². The molecule has 0 spiro atoms. The first-order valence-electron chi connectivity index (χ1n) is 13.6. The second-order valence-corrected chi connectivity index (χ2v) is 42.5. The first-order valence-corrected chi connectivity index (χ1v) is 34.1. The van der Waals surface area contributed by atoms with Crippen molar-refractivity contribution < 1.29 is 26.7 Å². The molecule has 37 heavy (non-hydrogen) atoms. The highest BCUT2D eigenvalue weighted by Gasteiger charge is 2.43. The van der Waals surface area contributed by atoms with E-state index < -0.39 is 56.0 Å². The molecule has 0 saturated carbocycles. The molecule has 0 saturated heterocycles. The SMILES string of the molecule is C[Si](C)(C)OC/C(=N\O[Si](C)(C)C)[C@@H](O[Si](C)(C)C)[C@H](O[Si](C)(C)C)[C@@H](CO[Si](C)(C)C)O[Si](C)(C)C. The number of oxime groups is 1. The maximum Gasteiger partial charge on any atom is 0.278 e. The van der Waals surface area contributed by atoms with Gasteiger partial charge in [0.15, 0.2) is 41.6 Å². The van der Waals surface area contributed by atoms with E-state index in [1.54, 1.807) is 0 Å². The number of hydrogen-bond acceptors (Lipinski definition) is 7. The maximum atomic E-state index is 6.96. The minimum atomic E-state index is -2.05. The zero-order valence-corrected chi connectivity index (χ0v) is 33.5. The van der Waals surface area contributed by atoms with Crippen molar-refractivity contribution in [1.29, 1.82) is 0 Å². The van der Waals surface area contributed by atoms with Crippen molar-refractivity contribution in [2.24, 2.45) is 5.16 Å². The van der Waals surface area contributed by atoms with E-state index in [0.29, 0.717) is 13.2 Å². The third-order valence-electron chi connectivity index (χ3n) is 4.24. The van der Waals surface area contributed by atoms with Gasteiger partial charge >= 0.3 is 0 Å². The van der Waals surface area contributed by atoms with Crippen LogP contribution in [0.3, 0.4) is 0 Å². The molecule has 13 heteroatoms. The summed E-state index contributed by atoms with van der Waals surface area (Å²) in [6, 6.07) is 0. The Kier molecular flexibility index (Phi) is 14.2. The Hall–Kier alpha value is 0.571. The molecule has 0 rings (SSSR count). The van der Waals surface area contributed by atoms with Crippen LogP contribution in [0.4, 0.5) is 0 Å². The minimum absolute atomic E-state index is 0.282. The molecular formula is C24H61NO6Si6. The summed E-state index contributed by atoms with van der Waals surface area (Å²) in [5.41, 5.74) is 0.757.